The lowest BCUT2D eigenvalue weighted by atomic mass is 10.3. The number of thiocarbonyl (C=S) groups is 1. The van der Waals surface area contributed by atoms with E-state index in [1.165, 1.54) is 12.8 Å². The fraction of sp³-hybridized carbons (Fsp3) is 0.750. The highest BCUT2D eigenvalue weighted by molar-refractivity contribution is 8.47. The Hall–Kier alpha value is 0.260. The molecule has 74 valence electrons. The normalized spacial score (nSPS) is 15.6. The summed E-state index contributed by atoms with van der Waals surface area (Å²) in [5.41, 5.74) is 0. The average Bonchev–Trinajstić information content (AvgIpc) is 2.57. The van der Waals surface area contributed by atoms with Crippen molar-refractivity contribution in [2.75, 3.05) is 18.8 Å². The van der Waals surface area contributed by atoms with Crippen LogP contribution < -0.4 is 5.32 Å². The van der Waals surface area contributed by atoms with Crippen molar-refractivity contribution in [1.82, 2.24) is 5.32 Å². The first-order valence-corrected chi connectivity index (χ1v) is 6.67. The second kappa shape index (κ2) is 6.68. The number of hydrogen-bond acceptors (Lipinski definition) is 4. The van der Waals surface area contributed by atoms with Gasteiger partial charge in [-0.05, 0) is 18.2 Å². The third-order valence-corrected chi connectivity index (χ3v) is 3.93. The fourth-order valence-corrected chi connectivity index (χ4v) is 3.12. The van der Waals surface area contributed by atoms with Crippen LogP contribution >= 0.6 is 35.7 Å². The molecule has 1 N–H and O–H groups in total. The lowest BCUT2D eigenvalue weighted by Crippen LogP contribution is -2.20. The van der Waals surface area contributed by atoms with E-state index in [1.54, 1.807) is 23.5 Å². The number of hydrogen-bond donors (Lipinski definition) is 1. The summed E-state index contributed by atoms with van der Waals surface area (Å²) in [6.45, 7) is 4.11. The van der Waals surface area contributed by atoms with E-state index >= 15 is 0 Å². The zero-order chi connectivity index (χ0) is 9.52. The van der Waals surface area contributed by atoms with Crippen molar-refractivity contribution < 1.29 is 0 Å². The highest BCUT2D eigenvalue weighted by Gasteiger charge is 2.09. The number of nitrogens with one attached hydrogen (secondary N) is 1. The Balaban J connectivity index is 2.10. The smallest absolute Gasteiger partial charge is 0.140 e. The van der Waals surface area contributed by atoms with Gasteiger partial charge >= 0.3 is 0 Å². The second-order valence-corrected chi connectivity index (χ2v) is 5.67. The van der Waals surface area contributed by atoms with Crippen molar-refractivity contribution >= 4 is 44.4 Å². The highest BCUT2D eigenvalue weighted by atomic mass is 32.2. The zero-order valence-electron chi connectivity index (χ0n) is 7.71. The number of rotatable bonds is 3. The lowest BCUT2D eigenvalue weighted by Gasteiger charge is -2.05. The Morgan fingerprint density at radius 1 is 1.77 bits per heavy atom. The molecule has 0 aromatic carbocycles. The van der Waals surface area contributed by atoms with E-state index in [9.17, 15) is 0 Å². The van der Waals surface area contributed by atoms with Crippen molar-refractivity contribution in [2.45, 2.75) is 19.8 Å². The summed E-state index contributed by atoms with van der Waals surface area (Å²) >= 11 is 8.55. The molecule has 0 atom stereocenters. The van der Waals surface area contributed by atoms with Crippen molar-refractivity contribution in [2.24, 2.45) is 4.99 Å². The van der Waals surface area contributed by atoms with Crippen molar-refractivity contribution in [3.63, 3.8) is 0 Å². The molecule has 0 saturated heterocycles. The minimum atomic E-state index is 0.863. The Morgan fingerprint density at radius 2 is 2.62 bits per heavy atom. The van der Waals surface area contributed by atoms with E-state index in [0.717, 1.165) is 27.5 Å². The van der Waals surface area contributed by atoms with Crippen molar-refractivity contribution in [1.29, 1.82) is 0 Å². The molecule has 0 bridgehead atoms. The van der Waals surface area contributed by atoms with Gasteiger partial charge in [-0.2, -0.15) is 0 Å². The topological polar surface area (TPSA) is 24.4 Å². The monoisotopic (exact) mass is 234 g/mol. The van der Waals surface area contributed by atoms with Crippen LogP contribution in [0.2, 0.25) is 0 Å². The van der Waals surface area contributed by atoms with Gasteiger partial charge in [0.15, 0.2) is 0 Å². The molecule has 1 aliphatic heterocycles. The van der Waals surface area contributed by atoms with Gasteiger partial charge in [0.2, 0.25) is 0 Å². The Bertz CT molecular complexity index is 204. The van der Waals surface area contributed by atoms with Gasteiger partial charge < -0.3 is 5.32 Å². The van der Waals surface area contributed by atoms with Gasteiger partial charge in [0.25, 0.3) is 0 Å². The van der Waals surface area contributed by atoms with Gasteiger partial charge in [-0.3, -0.25) is 4.99 Å². The molecular weight excluding hydrogens is 220 g/mol. The molecule has 0 unspecified atom stereocenters. The van der Waals surface area contributed by atoms with Gasteiger partial charge in [-0.1, -0.05) is 37.3 Å². The molecule has 13 heavy (non-hydrogen) atoms. The standard InChI is InChI=1S/C8H14N2S3/c1-2-3-4-9-7(11)13-8-10-5-6-12-8/h2-6H2,1H3,(H,9,11). The lowest BCUT2D eigenvalue weighted by molar-refractivity contribution is 0.763. The molecule has 0 amide bonds. The van der Waals surface area contributed by atoms with Crippen LogP contribution in [0, 0.1) is 0 Å². The number of thioether (sulfide) groups is 2. The molecule has 0 aromatic rings. The van der Waals surface area contributed by atoms with Crippen LogP contribution in [-0.4, -0.2) is 27.5 Å². The first-order chi connectivity index (χ1) is 6.33. The zero-order valence-corrected chi connectivity index (χ0v) is 10.2. The van der Waals surface area contributed by atoms with Gasteiger partial charge in [0.1, 0.15) is 8.70 Å². The van der Waals surface area contributed by atoms with E-state index in [2.05, 4.69) is 17.2 Å². The predicted octanol–water partition coefficient (Wildman–Crippen LogP) is 2.50. The van der Waals surface area contributed by atoms with E-state index in [-0.39, 0.29) is 0 Å². The molecule has 0 saturated carbocycles. The van der Waals surface area contributed by atoms with Gasteiger partial charge in [0, 0.05) is 12.3 Å². The quantitative estimate of drug-likeness (QED) is 0.599. The second-order valence-electron chi connectivity index (χ2n) is 2.67. The maximum atomic E-state index is 5.16. The van der Waals surface area contributed by atoms with E-state index < -0.39 is 0 Å². The summed E-state index contributed by atoms with van der Waals surface area (Å²) in [7, 11) is 0. The van der Waals surface area contributed by atoms with Gasteiger partial charge in [-0.15, -0.1) is 0 Å². The third kappa shape index (κ3) is 4.88. The molecule has 5 heteroatoms. The largest absolute Gasteiger partial charge is 0.371 e. The van der Waals surface area contributed by atoms with Crippen molar-refractivity contribution in [3.8, 4) is 0 Å². The summed E-state index contributed by atoms with van der Waals surface area (Å²) < 4.78 is 1.98. The van der Waals surface area contributed by atoms with Crippen LogP contribution in [0.1, 0.15) is 19.8 Å². The molecule has 2 nitrogen and oxygen atoms in total. The van der Waals surface area contributed by atoms with Crippen LogP contribution in [0.5, 0.6) is 0 Å². The SMILES string of the molecule is CCCCNC(=S)SC1=NCCS1. The van der Waals surface area contributed by atoms with E-state index in [0.29, 0.717) is 0 Å². The van der Waals surface area contributed by atoms with Crippen molar-refractivity contribution in [3.05, 3.63) is 0 Å². The molecule has 0 spiro atoms. The minimum absolute atomic E-state index is 0.863. The molecule has 0 aromatic heterocycles. The third-order valence-electron chi connectivity index (χ3n) is 1.54. The number of nitrogens with zero attached hydrogens (tertiary/aromatic N) is 1. The van der Waals surface area contributed by atoms with Crippen LogP contribution in [0.15, 0.2) is 4.99 Å². The van der Waals surface area contributed by atoms with Crippen LogP contribution in [0.3, 0.4) is 0 Å². The van der Waals surface area contributed by atoms with Crippen LogP contribution in [0.25, 0.3) is 0 Å². The highest BCUT2D eigenvalue weighted by Crippen LogP contribution is 2.22. The summed E-state index contributed by atoms with van der Waals surface area (Å²) in [6, 6.07) is 0. The predicted molar refractivity (Wildman–Crippen MR) is 67.9 cm³/mol. The molecule has 0 aliphatic carbocycles. The fourth-order valence-electron chi connectivity index (χ4n) is 0.860. The molecule has 1 rings (SSSR count). The van der Waals surface area contributed by atoms with Gasteiger partial charge in [-0.25, -0.2) is 0 Å². The molecule has 1 aliphatic rings. The van der Waals surface area contributed by atoms with Crippen LogP contribution in [-0.2, 0) is 0 Å². The molecule has 0 fully saturated rings. The van der Waals surface area contributed by atoms with E-state index in [1.807, 2.05) is 0 Å². The van der Waals surface area contributed by atoms with E-state index in [4.69, 9.17) is 12.2 Å². The molecule has 0 radical (unpaired) electrons. The maximum absolute atomic E-state index is 5.16. The summed E-state index contributed by atoms with van der Waals surface area (Å²) in [4.78, 5) is 4.32. The summed E-state index contributed by atoms with van der Waals surface area (Å²) in [6.07, 6.45) is 2.39. The summed E-state index contributed by atoms with van der Waals surface area (Å²) in [5, 5.41) is 3.21. The average molecular weight is 234 g/mol. The van der Waals surface area contributed by atoms with Gasteiger partial charge in [0.05, 0.1) is 6.54 Å². The maximum Gasteiger partial charge on any atom is 0.140 e. The Kier molecular flexibility index (Phi) is 5.82. The Morgan fingerprint density at radius 3 is 3.23 bits per heavy atom. The minimum Gasteiger partial charge on any atom is -0.371 e. The molecular formula is C8H14N2S3. The number of aliphatic imine (C=N–C) groups is 1. The first-order valence-electron chi connectivity index (χ1n) is 4.46. The summed E-state index contributed by atoms with van der Waals surface area (Å²) in [5.74, 6) is 1.11. The number of unbranched alkanes of at least 4 members (excludes halogenated alkanes) is 1. The van der Waals surface area contributed by atoms with Crippen LogP contribution in [0.4, 0.5) is 0 Å². The Labute approximate surface area is 93.3 Å². The molecule has 1 heterocycles. The first kappa shape index (κ1) is 11.3.